The van der Waals surface area contributed by atoms with Crippen LogP contribution in [0.3, 0.4) is 0 Å². The molecule has 0 N–H and O–H groups in total. The van der Waals surface area contributed by atoms with Gasteiger partial charge in [-0.05, 0) is 31.2 Å². The molecule has 1 atom stereocenters. The monoisotopic (exact) mass is 379 g/mol. The average Bonchev–Trinajstić information content (AvgIpc) is 2.63. The Balaban J connectivity index is 1.58. The molecule has 1 aromatic heterocycles. The number of anilines is 1. The molecule has 5 nitrogen and oxygen atoms in total. The zero-order chi connectivity index (χ0) is 17.8. The van der Waals surface area contributed by atoms with Crippen LogP contribution in [0.2, 0.25) is 10.0 Å². The zero-order valence-electron chi connectivity index (χ0n) is 13.9. The molecular formula is C18H19Cl2N3O2. The van der Waals surface area contributed by atoms with Crippen LogP contribution in [0.4, 0.5) is 5.82 Å². The minimum atomic E-state index is -0.593. The number of nitrogens with zero attached hydrogens (tertiary/aromatic N) is 3. The van der Waals surface area contributed by atoms with Crippen molar-refractivity contribution in [1.82, 2.24) is 9.88 Å². The first-order valence-corrected chi connectivity index (χ1v) is 8.87. The van der Waals surface area contributed by atoms with Crippen molar-refractivity contribution in [2.24, 2.45) is 0 Å². The Labute approximate surface area is 157 Å². The van der Waals surface area contributed by atoms with Crippen LogP contribution in [-0.4, -0.2) is 48.1 Å². The van der Waals surface area contributed by atoms with E-state index in [2.05, 4.69) is 9.88 Å². The maximum absolute atomic E-state index is 12.6. The second kappa shape index (κ2) is 7.93. The van der Waals surface area contributed by atoms with Crippen LogP contribution in [0.25, 0.3) is 0 Å². The summed E-state index contributed by atoms with van der Waals surface area (Å²) in [4.78, 5) is 20.8. The number of hydrogen-bond donors (Lipinski definition) is 0. The Morgan fingerprint density at radius 1 is 1.08 bits per heavy atom. The van der Waals surface area contributed by atoms with Crippen molar-refractivity contribution in [3.8, 4) is 5.75 Å². The van der Waals surface area contributed by atoms with Crippen LogP contribution in [-0.2, 0) is 4.79 Å². The molecule has 1 aliphatic rings. The molecule has 2 aromatic rings. The third-order valence-electron chi connectivity index (χ3n) is 4.12. The molecule has 1 fully saturated rings. The first kappa shape index (κ1) is 17.8. The Morgan fingerprint density at radius 3 is 2.44 bits per heavy atom. The van der Waals surface area contributed by atoms with Gasteiger partial charge in [0.05, 0.1) is 10.0 Å². The SMILES string of the molecule is CC(Oc1ccccc1Cl)C(=O)N1CCN(c2ncccc2Cl)CC1. The largest absolute Gasteiger partial charge is 0.479 e. The van der Waals surface area contributed by atoms with Crippen LogP contribution < -0.4 is 9.64 Å². The van der Waals surface area contributed by atoms with Gasteiger partial charge in [-0.1, -0.05) is 35.3 Å². The van der Waals surface area contributed by atoms with Gasteiger partial charge in [0, 0.05) is 32.4 Å². The maximum Gasteiger partial charge on any atom is 0.263 e. The summed E-state index contributed by atoms with van der Waals surface area (Å²) < 4.78 is 5.72. The molecule has 7 heteroatoms. The zero-order valence-corrected chi connectivity index (χ0v) is 15.4. The number of aromatic nitrogens is 1. The predicted molar refractivity (Wildman–Crippen MR) is 99.6 cm³/mol. The number of piperazine rings is 1. The number of carbonyl (C=O) groups is 1. The molecule has 0 spiro atoms. The van der Waals surface area contributed by atoms with E-state index >= 15 is 0 Å². The molecule has 0 aliphatic carbocycles. The van der Waals surface area contributed by atoms with E-state index in [1.165, 1.54) is 0 Å². The fourth-order valence-corrected chi connectivity index (χ4v) is 3.21. The number of pyridine rings is 1. The molecule has 25 heavy (non-hydrogen) atoms. The number of para-hydroxylation sites is 1. The second-order valence-corrected chi connectivity index (χ2v) is 6.63. The number of halogens is 2. The molecule has 3 rings (SSSR count). The van der Waals surface area contributed by atoms with Gasteiger partial charge in [-0.3, -0.25) is 4.79 Å². The minimum absolute atomic E-state index is 0.0494. The number of benzene rings is 1. The van der Waals surface area contributed by atoms with Crippen LogP contribution in [0.15, 0.2) is 42.6 Å². The Kier molecular flexibility index (Phi) is 5.66. The van der Waals surface area contributed by atoms with Crippen molar-refractivity contribution in [2.45, 2.75) is 13.0 Å². The highest BCUT2D eigenvalue weighted by Crippen LogP contribution is 2.26. The van der Waals surface area contributed by atoms with Gasteiger partial charge in [0.25, 0.3) is 5.91 Å². The van der Waals surface area contributed by atoms with E-state index < -0.39 is 6.10 Å². The lowest BCUT2D eigenvalue weighted by molar-refractivity contribution is -0.138. The number of rotatable bonds is 4. The van der Waals surface area contributed by atoms with Crippen molar-refractivity contribution in [2.75, 3.05) is 31.1 Å². The second-order valence-electron chi connectivity index (χ2n) is 5.81. The Bertz CT molecular complexity index is 749. The Morgan fingerprint density at radius 2 is 1.76 bits per heavy atom. The van der Waals surface area contributed by atoms with Gasteiger partial charge in [0.15, 0.2) is 6.10 Å². The first-order valence-electron chi connectivity index (χ1n) is 8.11. The summed E-state index contributed by atoms with van der Waals surface area (Å²) in [6, 6.07) is 10.8. The van der Waals surface area contributed by atoms with Crippen LogP contribution in [0, 0.1) is 0 Å². The summed E-state index contributed by atoms with van der Waals surface area (Å²) in [5.74, 6) is 1.23. The molecule has 0 saturated carbocycles. The third kappa shape index (κ3) is 4.17. The third-order valence-corrected chi connectivity index (χ3v) is 4.73. The topological polar surface area (TPSA) is 45.7 Å². The van der Waals surface area contributed by atoms with Crippen molar-refractivity contribution in [3.63, 3.8) is 0 Å². The lowest BCUT2D eigenvalue weighted by atomic mass is 10.2. The van der Waals surface area contributed by atoms with E-state index in [9.17, 15) is 4.79 Å². The van der Waals surface area contributed by atoms with E-state index in [0.717, 1.165) is 5.82 Å². The van der Waals surface area contributed by atoms with Gasteiger partial charge in [-0.2, -0.15) is 0 Å². The van der Waals surface area contributed by atoms with Crippen molar-refractivity contribution in [3.05, 3.63) is 52.6 Å². The van der Waals surface area contributed by atoms with Crippen LogP contribution >= 0.6 is 23.2 Å². The van der Waals surface area contributed by atoms with E-state index in [1.54, 1.807) is 36.2 Å². The van der Waals surface area contributed by atoms with E-state index in [-0.39, 0.29) is 5.91 Å². The van der Waals surface area contributed by atoms with Gasteiger partial charge in [-0.25, -0.2) is 4.98 Å². The molecule has 2 heterocycles. The number of ether oxygens (including phenoxy) is 1. The molecular weight excluding hydrogens is 361 g/mol. The number of hydrogen-bond acceptors (Lipinski definition) is 4. The fourth-order valence-electron chi connectivity index (χ4n) is 2.79. The fraction of sp³-hybridized carbons (Fsp3) is 0.333. The average molecular weight is 380 g/mol. The van der Waals surface area contributed by atoms with Crippen molar-refractivity contribution in [1.29, 1.82) is 0 Å². The van der Waals surface area contributed by atoms with Crippen LogP contribution in [0.1, 0.15) is 6.92 Å². The molecule has 1 saturated heterocycles. The van der Waals surface area contributed by atoms with Gasteiger partial charge in [0.2, 0.25) is 0 Å². The number of amides is 1. The number of carbonyl (C=O) groups excluding carboxylic acids is 1. The molecule has 1 aromatic carbocycles. The van der Waals surface area contributed by atoms with E-state index in [4.69, 9.17) is 27.9 Å². The summed E-state index contributed by atoms with van der Waals surface area (Å²) in [5, 5.41) is 1.12. The smallest absolute Gasteiger partial charge is 0.263 e. The maximum atomic E-state index is 12.6. The van der Waals surface area contributed by atoms with Gasteiger partial charge < -0.3 is 14.5 Å². The summed E-state index contributed by atoms with van der Waals surface area (Å²) in [7, 11) is 0. The quantitative estimate of drug-likeness (QED) is 0.815. The van der Waals surface area contributed by atoms with Crippen LogP contribution in [0.5, 0.6) is 5.75 Å². The summed E-state index contributed by atoms with van der Waals surface area (Å²) in [6.45, 7) is 4.31. The summed E-state index contributed by atoms with van der Waals surface area (Å²) in [6.07, 6.45) is 1.13. The first-order chi connectivity index (χ1) is 12.1. The van der Waals surface area contributed by atoms with E-state index in [0.29, 0.717) is 42.0 Å². The predicted octanol–water partition coefficient (Wildman–Crippen LogP) is 3.50. The highest BCUT2D eigenvalue weighted by molar-refractivity contribution is 6.33. The van der Waals surface area contributed by atoms with Gasteiger partial charge in [-0.15, -0.1) is 0 Å². The highest BCUT2D eigenvalue weighted by Gasteiger charge is 2.27. The standard InChI is InChI=1S/C18H19Cl2N3O2/c1-13(25-16-7-3-2-5-14(16)19)18(24)23-11-9-22(10-12-23)17-15(20)6-4-8-21-17/h2-8,13H,9-12H2,1H3. The normalized spacial score (nSPS) is 15.8. The lowest BCUT2D eigenvalue weighted by Crippen LogP contribution is -2.52. The lowest BCUT2D eigenvalue weighted by Gasteiger charge is -2.36. The minimum Gasteiger partial charge on any atom is -0.479 e. The molecule has 0 bridgehead atoms. The Hall–Kier alpha value is -1.98. The van der Waals surface area contributed by atoms with Crippen molar-refractivity contribution < 1.29 is 9.53 Å². The molecule has 132 valence electrons. The molecule has 1 amide bonds. The van der Waals surface area contributed by atoms with Gasteiger partial charge >= 0.3 is 0 Å². The summed E-state index contributed by atoms with van der Waals surface area (Å²) in [5.41, 5.74) is 0. The molecule has 1 unspecified atom stereocenters. The molecule has 1 aliphatic heterocycles. The van der Waals surface area contributed by atoms with Crippen molar-refractivity contribution >= 4 is 34.9 Å². The summed E-state index contributed by atoms with van der Waals surface area (Å²) >= 11 is 12.3. The van der Waals surface area contributed by atoms with E-state index in [1.807, 2.05) is 18.2 Å². The molecule has 0 radical (unpaired) electrons. The van der Waals surface area contributed by atoms with Gasteiger partial charge in [0.1, 0.15) is 11.6 Å². The highest BCUT2D eigenvalue weighted by atomic mass is 35.5.